The summed E-state index contributed by atoms with van der Waals surface area (Å²) in [4.78, 5) is 52.4. The summed E-state index contributed by atoms with van der Waals surface area (Å²) in [6.45, 7) is 4.73. The Labute approximate surface area is 211 Å². The summed E-state index contributed by atoms with van der Waals surface area (Å²) in [5, 5.41) is 4.19. The number of hydrogen-bond donors (Lipinski definition) is 1. The van der Waals surface area contributed by atoms with E-state index in [9.17, 15) is 14.4 Å². The van der Waals surface area contributed by atoms with Crippen LogP contribution in [0.1, 0.15) is 54.1 Å². The van der Waals surface area contributed by atoms with Crippen LogP contribution in [0.5, 0.6) is 0 Å². The number of amides is 3. The number of imide groups is 1. The van der Waals surface area contributed by atoms with Crippen molar-refractivity contribution in [2.45, 2.75) is 26.4 Å². The van der Waals surface area contributed by atoms with Gasteiger partial charge in [0.25, 0.3) is 17.7 Å². The Bertz CT molecular complexity index is 1510. The number of anilines is 1. The second-order valence-corrected chi connectivity index (χ2v) is 9.99. The van der Waals surface area contributed by atoms with Crippen molar-refractivity contribution in [3.63, 3.8) is 0 Å². The van der Waals surface area contributed by atoms with Gasteiger partial charge in [-0.3, -0.25) is 34.5 Å². The van der Waals surface area contributed by atoms with E-state index >= 15 is 0 Å². The average Bonchev–Trinajstić information content (AvgIpc) is 3.44. The number of rotatable bonds is 5. The molecule has 180 valence electrons. The fourth-order valence-electron chi connectivity index (χ4n) is 4.91. The molecule has 8 nitrogen and oxygen atoms in total. The van der Waals surface area contributed by atoms with Crippen LogP contribution in [0.3, 0.4) is 0 Å². The summed E-state index contributed by atoms with van der Waals surface area (Å²) in [7, 11) is 0. The Morgan fingerprint density at radius 3 is 2.53 bits per heavy atom. The lowest BCUT2D eigenvalue weighted by molar-refractivity contribution is 0.0643. The van der Waals surface area contributed by atoms with Crippen molar-refractivity contribution in [3.8, 4) is 0 Å². The predicted octanol–water partition coefficient (Wildman–Crippen LogP) is 4.12. The highest BCUT2D eigenvalue weighted by Crippen LogP contribution is 2.31. The highest BCUT2D eigenvalue weighted by atomic mass is 32.1. The zero-order valence-electron chi connectivity index (χ0n) is 19.7. The molecule has 36 heavy (non-hydrogen) atoms. The molecule has 2 aliphatic rings. The zero-order chi connectivity index (χ0) is 24.8. The summed E-state index contributed by atoms with van der Waals surface area (Å²) in [5.74, 6) is -0.862. The maximum absolute atomic E-state index is 13.6. The third-order valence-corrected chi connectivity index (χ3v) is 7.66. The molecule has 0 atom stereocenters. The monoisotopic (exact) mass is 497 g/mol. The van der Waals surface area contributed by atoms with Crippen molar-refractivity contribution in [1.29, 1.82) is 0 Å². The van der Waals surface area contributed by atoms with Gasteiger partial charge in [-0.05, 0) is 24.7 Å². The second kappa shape index (κ2) is 8.92. The molecule has 0 saturated heterocycles. The predicted molar refractivity (Wildman–Crippen MR) is 137 cm³/mol. The number of benzene rings is 2. The van der Waals surface area contributed by atoms with Crippen molar-refractivity contribution < 1.29 is 14.4 Å². The van der Waals surface area contributed by atoms with E-state index in [-0.39, 0.29) is 24.3 Å². The van der Waals surface area contributed by atoms with Gasteiger partial charge in [0.2, 0.25) is 0 Å². The minimum absolute atomic E-state index is 0.110. The molecule has 0 aliphatic carbocycles. The van der Waals surface area contributed by atoms with Gasteiger partial charge < -0.3 is 0 Å². The molecule has 2 aromatic carbocycles. The first-order valence-electron chi connectivity index (χ1n) is 11.9. The fraction of sp³-hybridized carbons (Fsp3) is 0.222. The number of carbonyl (C=O) groups excluding carboxylic acids is 3. The molecule has 0 spiro atoms. The number of pyridine rings is 1. The number of aromatic nitrogens is 2. The molecule has 0 unspecified atom stereocenters. The molecule has 3 amide bonds. The van der Waals surface area contributed by atoms with Crippen LogP contribution >= 0.6 is 11.3 Å². The number of fused-ring (bicyclic) bond motifs is 3. The molecular formula is C27H23N5O3S. The summed E-state index contributed by atoms with van der Waals surface area (Å²) in [5.41, 5.74) is 4.19. The van der Waals surface area contributed by atoms with Crippen LogP contribution in [-0.4, -0.2) is 50.6 Å². The molecule has 0 fully saturated rings. The number of nitrogens with zero attached hydrogens (tertiary/aromatic N) is 4. The molecule has 4 aromatic rings. The number of thiazole rings is 1. The third kappa shape index (κ3) is 3.77. The number of hydrogen-bond acceptors (Lipinski definition) is 7. The van der Waals surface area contributed by atoms with Gasteiger partial charge in [0, 0.05) is 47.2 Å². The van der Waals surface area contributed by atoms with Crippen molar-refractivity contribution in [2.75, 3.05) is 18.4 Å². The van der Waals surface area contributed by atoms with Crippen molar-refractivity contribution in [3.05, 3.63) is 87.6 Å². The van der Waals surface area contributed by atoms with E-state index in [1.54, 1.807) is 30.5 Å². The van der Waals surface area contributed by atoms with E-state index in [0.717, 1.165) is 41.7 Å². The molecule has 6 rings (SSSR count). The summed E-state index contributed by atoms with van der Waals surface area (Å²) in [6, 6.07) is 14.5. The molecule has 0 bridgehead atoms. The molecule has 9 heteroatoms. The quantitative estimate of drug-likeness (QED) is 0.417. The smallest absolute Gasteiger partial charge is 0.261 e. The molecule has 0 radical (unpaired) electrons. The highest BCUT2D eigenvalue weighted by molar-refractivity contribution is 7.15. The van der Waals surface area contributed by atoms with Crippen LogP contribution in [0.2, 0.25) is 0 Å². The Kier molecular flexibility index (Phi) is 5.58. The van der Waals surface area contributed by atoms with Crippen LogP contribution in [0.25, 0.3) is 10.9 Å². The van der Waals surface area contributed by atoms with Gasteiger partial charge >= 0.3 is 0 Å². The van der Waals surface area contributed by atoms with E-state index < -0.39 is 0 Å². The number of carbonyl (C=O) groups is 3. The largest absolute Gasteiger partial charge is 0.299 e. The first-order chi connectivity index (χ1) is 17.5. The van der Waals surface area contributed by atoms with Gasteiger partial charge in [-0.25, -0.2) is 4.98 Å². The van der Waals surface area contributed by atoms with E-state index in [4.69, 9.17) is 4.98 Å². The Balaban J connectivity index is 1.27. The standard InChI is InChI=1S/C27H23N5O3S/c1-2-31-12-11-22-20(15-31)23(19-9-5-6-10-21(19)29-22)24(33)30-27-28-13-16(36-27)14-32-25(34)17-7-3-4-8-18(17)26(32)35/h3-10,13H,2,11-12,14-15H2,1H3,(H,28,30,33). The summed E-state index contributed by atoms with van der Waals surface area (Å²) >= 11 is 1.26. The highest BCUT2D eigenvalue weighted by Gasteiger charge is 2.35. The maximum atomic E-state index is 13.6. The summed E-state index contributed by atoms with van der Waals surface area (Å²) < 4.78 is 0. The minimum atomic E-state index is -0.315. The molecular weight excluding hydrogens is 474 g/mol. The van der Waals surface area contributed by atoms with E-state index in [0.29, 0.717) is 33.2 Å². The first-order valence-corrected chi connectivity index (χ1v) is 12.7. The topological polar surface area (TPSA) is 95.5 Å². The van der Waals surface area contributed by atoms with Crippen LogP contribution < -0.4 is 5.32 Å². The number of nitrogens with one attached hydrogen (secondary N) is 1. The van der Waals surface area contributed by atoms with Crippen LogP contribution in [0.15, 0.2) is 54.7 Å². The van der Waals surface area contributed by atoms with Crippen LogP contribution in [0, 0.1) is 0 Å². The Morgan fingerprint density at radius 2 is 1.78 bits per heavy atom. The zero-order valence-corrected chi connectivity index (χ0v) is 20.5. The SMILES string of the molecule is CCN1CCc2nc3ccccc3c(C(=O)Nc3ncc(CN4C(=O)c5ccccc5C4=O)s3)c2C1. The lowest BCUT2D eigenvalue weighted by Crippen LogP contribution is -2.33. The van der Waals surface area contributed by atoms with Gasteiger partial charge in [-0.2, -0.15) is 0 Å². The molecule has 1 N–H and O–H groups in total. The van der Waals surface area contributed by atoms with Gasteiger partial charge in [0.1, 0.15) is 0 Å². The van der Waals surface area contributed by atoms with Gasteiger partial charge in [-0.1, -0.05) is 48.6 Å². The van der Waals surface area contributed by atoms with E-state index in [1.807, 2.05) is 24.3 Å². The van der Waals surface area contributed by atoms with Gasteiger partial charge in [-0.15, -0.1) is 0 Å². The van der Waals surface area contributed by atoms with Crippen molar-refractivity contribution in [1.82, 2.24) is 19.8 Å². The van der Waals surface area contributed by atoms with Crippen molar-refractivity contribution >= 4 is 45.1 Å². The molecule has 0 saturated carbocycles. The first kappa shape index (κ1) is 22.5. The van der Waals surface area contributed by atoms with E-state index in [1.165, 1.54) is 16.2 Å². The van der Waals surface area contributed by atoms with E-state index in [2.05, 4.69) is 22.1 Å². The number of likely N-dealkylation sites (N-methyl/N-ethyl adjacent to an activating group) is 1. The number of para-hydroxylation sites is 1. The molecule has 2 aliphatic heterocycles. The maximum Gasteiger partial charge on any atom is 0.261 e. The van der Waals surface area contributed by atoms with Crippen molar-refractivity contribution in [2.24, 2.45) is 0 Å². The minimum Gasteiger partial charge on any atom is -0.299 e. The lowest BCUT2D eigenvalue weighted by atomic mass is 9.95. The van der Waals surface area contributed by atoms with Crippen LogP contribution in [0.4, 0.5) is 5.13 Å². The third-order valence-electron chi connectivity index (χ3n) is 6.77. The van der Waals surface area contributed by atoms with Crippen LogP contribution in [-0.2, 0) is 19.5 Å². The fourth-order valence-corrected chi connectivity index (χ4v) is 5.71. The normalized spacial score (nSPS) is 15.3. The summed E-state index contributed by atoms with van der Waals surface area (Å²) in [6.07, 6.45) is 2.40. The lowest BCUT2D eigenvalue weighted by Gasteiger charge is -2.29. The average molecular weight is 498 g/mol. The second-order valence-electron chi connectivity index (χ2n) is 8.88. The molecule has 2 aromatic heterocycles. The molecule has 4 heterocycles. The Hall–Kier alpha value is -3.95. The van der Waals surface area contributed by atoms with Gasteiger partial charge in [0.05, 0.1) is 28.8 Å². The van der Waals surface area contributed by atoms with Gasteiger partial charge in [0.15, 0.2) is 5.13 Å². The Morgan fingerprint density at radius 1 is 1.06 bits per heavy atom.